The van der Waals surface area contributed by atoms with Crippen molar-refractivity contribution in [2.24, 2.45) is 0 Å². The minimum absolute atomic E-state index is 0.194. The van der Waals surface area contributed by atoms with Gasteiger partial charge in [0, 0.05) is 9.52 Å². The van der Waals surface area contributed by atoms with Gasteiger partial charge in [0.1, 0.15) is 0 Å². The zero-order valence-electron chi connectivity index (χ0n) is 30.6. The molecule has 0 atom stereocenters. The zero-order chi connectivity index (χ0) is 35.5. The molecule has 6 aromatic rings. The van der Waals surface area contributed by atoms with Crippen LogP contribution in [0.3, 0.4) is 0 Å². The summed E-state index contributed by atoms with van der Waals surface area (Å²) in [5.74, 6) is 0. The molecule has 250 valence electrons. The maximum absolute atomic E-state index is 4.93. The van der Waals surface area contributed by atoms with Crippen molar-refractivity contribution in [3.05, 3.63) is 131 Å². The summed E-state index contributed by atoms with van der Waals surface area (Å²) in [4.78, 5) is 0. The number of hydrogen-bond donors (Lipinski definition) is 0. The normalized spacial score (nSPS) is 11.1. The third kappa shape index (κ3) is 10.4. The van der Waals surface area contributed by atoms with Crippen LogP contribution in [-0.4, -0.2) is 9.52 Å². The third-order valence-electron chi connectivity index (χ3n) is 8.57. The molecule has 0 aliphatic carbocycles. The number of fused-ring (bicyclic) bond motifs is 2. The Morgan fingerprint density at radius 1 is 0.562 bits per heavy atom. The van der Waals surface area contributed by atoms with Gasteiger partial charge in [-0.15, -0.1) is 69.1 Å². The molecule has 0 saturated heterocycles. The third-order valence-corrected chi connectivity index (χ3v) is 8.57. The van der Waals surface area contributed by atoms with Gasteiger partial charge in [-0.1, -0.05) is 151 Å². The maximum atomic E-state index is 4.93. The van der Waals surface area contributed by atoms with Gasteiger partial charge >= 0.3 is 37.9 Å². The van der Waals surface area contributed by atoms with Crippen molar-refractivity contribution in [2.45, 2.75) is 92.2 Å². The van der Waals surface area contributed by atoms with Gasteiger partial charge in [-0.05, 0) is 34.8 Å². The summed E-state index contributed by atoms with van der Waals surface area (Å²) in [6.07, 6.45) is 2.13. The molecular weight excluding hydrogens is 719 g/mol. The van der Waals surface area contributed by atoms with Crippen molar-refractivity contribution in [1.29, 1.82) is 0 Å². The second-order valence-corrected chi connectivity index (χ2v) is 18.9. The van der Waals surface area contributed by atoms with E-state index in [0.29, 0.717) is 0 Å². The van der Waals surface area contributed by atoms with E-state index in [9.17, 15) is 0 Å². The van der Waals surface area contributed by atoms with Crippen molar-refractivity contribution >= 4 is 48.1 Å². The van der Waals surface area contributed by atoms with Crippen LogP contribution >= 0.6 is 17.0 Å². The first-order chi connectivity index (χ1) is 22.8. The number of rotatable bonds is 4. The van der Waals surface area contributed by atoms with Crippen LogP contribution in [0.15, 0.2) is 109 Å². The SMILES string of the molecule is CCc1ccc2[cH-]c(C(C)(C)C)cc2c1-c1ccccc1.CCc1ccc2[cH-]c(C(C)(C)C)cc2c1-c1ccccc1.C[Si]C.[Cl][Zr+2][Cl]. The van der Waals surface area contributed by atoms with Crippen molar-refractivity contribution in [1.82, 2.24) is 0 Å². The second-order valence-electron chi connectivity index (χ2n) is 14.2. The Morgan fingerprint density at radius 3 is 1.15 bits per heavy atom. The average Bonchev–Trinajstić information content (AvgIpc) is 3.71. The van der Waals surface area contributed by atoms with Crippen molar-refractivity contribution in [3.8, 4) is 22.3 Å². The fourth-order valence-corrected chi connectivity index (χ4v) is 6.00. The van der Waals surface area contributed by atoms with E-state index in [2.05, 4.69) is 178 Å². The molecule has 0 N–H and O–H groups in total. The van der Waals surface area contributed by atoms with E-state index in [1.165, 1.54) is 66.1 Å². The Labute approximate surface area is 312 Å². The molecule has 0 unspecified atom stereocenters. The van der Waals surface area contributed by atoms with Gasteiger partial charge in [-0.3, -0.25) is 0 Å². The first kappa shape index (κ1) is 40.2. The molecule has 0 fully saturated rings. The topological polar surface area (TPSA) is 0 Å². The number of halogens is 2. The molecule has 0 nitrogen and oxygen atoms in total. The minimum atomic E-state index is -0.826. The van der Waals surface area contributed by atoms with Gasteiger partial charge in [-0.2, -0.15) is 12.1 Å². The van der Waals surface area contributed by atoms with Gasteiger partial charge in [0.05, 0.1) is 0 Å². The molecule has 4 heteroatoms. The summed E-state index contributed by atoms with van der Waals surface area (Å²) in [5, 5.41) is 5.50. The van der Waals surface area contributed by atoms with E-state index in [4.69, 9.17) is 17.0 Å². The number of benzene rings is 4. The first-order valence-electron chi connectivity index (χ1n) is 17.0. The van der Waals surface area contributed by atoms with Gasteiger partial charge in [0.15, 0.2) is 0 Å². The van der Waals surface area contributed by atoms with E-state index >= 15 is 0 Å². The Balaban J connectivity index is 0.000000224. The van der Waals surface area contributed by atoms with Crippen LogP contribution in [0.2, 0.25) is 13.1 Å². The van der Waals surface area contributed by atoms with Crippen molar-refractivity contribution in [3.63, 3.8) is 0 Å². The Morgan fingerprint density at radius 2 is 0.875 bits per heavy atom. The first-order valence-corrected chi connectivity index (χ1v) is 25.3. The van der Waals surface area contributed by atoms with Gasteiger partial charge in [0.25, 0.3) is 0 Å². The molecule has 6 rings (SSSR count). The Hall–Kier alpha value is -2.22. The molecule has 2 radical (unpaired) electrons. The van der Waals surface area contributed by atoms with E-state index in [-0.39, 0.29) is 10.8 Å². The van der Waals surface area contributed by atoms with Crippen molar-refractivity contribution < 1.29 is 20.8 Å². The summed E-state index contributed by atoms with van der Waals surface area (Å²) in [6, 6.07) is 40.1. The van der Waals surface area contributed by atoms with Gasteiger partial charge in [-0.25, -0.2) is 0 Å². The zero-order valence-corrected chi connectivity index (χ0v) is 35.5. The van der Waals surface area contributed by atoms with Crippen LogP contribution in [0.4, 0.5) is 0 Å². The summed E-state index contributed by atoms with van der Waals surface area (Å²) in [5.41, 5.74) is 11.6. The molecule has 0 saturated carbocycles. The Kier molecular flexibility index (Phi) is 15.7. The van der Waals surface area contributed by atoms with Crippen molar-refractivity contribution in [2.75, 3.05) is 0 Å². The fraction of sp³-hybridized carbons (Fsp3) is 0.318. The van der Waals surface area contributed by atoms with E-state index < -0.39 is 20.8 Å². The van der Waals surface area contributed by atoms with Gasteiger partial charge < -0.3 is 0 Å². The summed E-state index contributed by atoms with van der Waals surface area (Å²) in [7, 11) is 11.0. The van der Waals surface area contributed by atoms with E-state index in [1.807, 2.05) is 0 Å². The van der Waals surface area contributed by atoms with Crippen LogP contribution in [0, 0.1) is 0 Å². The van der Waals surface area contributed by atoms with Crippen LogP contribution in [-0.2, 0) is 44.5 Å². The summed E-state index contributed by atoms with van der Waals surface area (Å²) < 4.78 is 0. The second kappa shape index (κ2) is 18.7. The van der Waals surface area contributed by atoms with Gasteiger partial charge in [0.2, 0.25) is 0 Å². The molecular formula is C44H52Cl2SiZr. The summed E-state index contributed by atoms with van der Waals surface area (Å²) >= 11 is -0.826. The molecule has 0 aromatic heterocycles. The molecule has 0 aliphatic rings. The van der Waals surface area contributed by atoms with E-state index in [1.54, 1.807) is 0 Å². The van der Waals surface area contributed by atoms with Crippen LogP contribution in [0.1, 0.15) is 77.6 Å². The Bertz CT molecular complexity index is 1700. The predicted molar refractivity (Wildman–Crippen MR) is 215 cm³/mol. The molecule has 0 spiro atoms. The molecule has 0 aliphatic heterocycles. The number of aryl methyl sites for hydroxylation is 2. The quantitative estimate of drug-likeness (QED) is 0.124. The molecule has 0 bridgehead atoms. The molecule has 0 amide bonds. The monoisotopic (exact) mass is 768 g/mol. The predicted octanol–water partition coefficient (Wildman–Crippen LogP) is 14.3. The fourth-order valence-electron chi connectivity index (χ4n) is 6.00. The van der Waals surface area contributed by atoms with Crippen LogP contribution < -0.4 is 0 Å². The van der Waals surface area contributed by atoms with E-state index in [0.717, 1.165) is 22.4 Å². The standard InChI is InChI=1S/2C21H23.C2H6Si.2ClH.Zr/c2*1-5-15-11-12-17-13-18(21(2,3)4)14-19(17)20(15)16-9-7-6-8-10-16;1-3-2;;;/h2*6-14H,5H2,1-4H3;1-2H3;2*1H;/q2*-1;;;;+4/p-2. The summed E-state index contributed by atoms with van der Waals surface area (Å²) in [6.45, 7) is 22.5. The number of hydrogen-bond acceptors (Lipinski definition) is 0. The van der Waals surface area contributed by atoms with Crippen LogP contribution in [0.5, 0.6) is 0 Å². The molecule has 6 aromatic carbocycles. The average molecular weight is 771 g/mol. The molecule has 0 heterocycles. The molecule has 48 heavy (non-hydrogen) atoms. The van der Waals surface area contributed by atoms with Crippen LogP contribution in [0.25, 0.3) is 43.8 Å².